The van der Waals surface area contributed by atoms with Crippen LogP contribution in [0.5, 0.6) is 0 Å². The number of benzene rings is 1. The van der Waals surface area contributed by atoms with Gasteiger partial charge in [-0.1, -0.05) is 13.3 Å². The molecule has 2 nitrogen and oxygen atoms in total. The van der Waals surface area contributed by atoms with Gasteiger partial charge in [0.15, 0.2) is 0 Å². The zero-order valence-electron chi connectivity index (χ0n) is 9.77. The molecular formula is C12H13BrF3NO. The first-order valence-electron chi connectivity index (χ1n) is 5.51. The highest BCUT2D eigenvalue weighted by Gasteiger charge is 2.31. The molecule has 1 N–H and O–H groups in total. The van der Waals surface area contributed by atoms with Crippen molar-refractivity contribution in [1.29, 1.82) is 0 Å². The van der Waals surface area contributed by atoms with Crippen LogP contribution < -0.4 is 5.32 Å². The summed E-state index contributed by atoms with van der Waals surface area (Å²) in [7, 11) is 0. The van der Waals surface area contributed by atoms with Gasteiger partial charge in [-0.2, -0.15) is 13.2 Å². The van der Waals surface area contributed by atoms with Crippen LogP contribution in [0.2, 0.25) is 0 Å². The molecule has 0 aliphatic carbocycles. The van der Waals surface area contributed by atoms with Crippen LogP contribution in [0.15, 0.2) is 22.7 Å². The molecule has 0 unspecified atom stereocenters. The predicted octanol–water partition coefficient (Wildman–Crippen LogP) is 4.60. The van der Waals surface area contributed by atoms with Gasteiger partial charge in [0.25, 0.3) is 0 Å². The summed E-state index contributed by atoms with van der Waals surface area (Å²) < 4.78 is 38.0. The number of nitrogens with one attached hydrogen (secondary N) is 1. The first kappa shape index (κ1) is 15.0. The Morgan fingerprint density at radius 1 is 1.39 bits per heavy atom. The lowest BCUT2D eigenvalue weighted by molar-refractivity contribution is -0.137. The molecule has 0 radical (unpaired) electrons. The second kappa shape index (κ2) is 6.22. The highest BCUT2D eigenvalue weighted by molar-refractivity contribution is 9.10. The lowest BCUT2D eigenvalue weighted by Gasteiger charge is -2.11. The van der Waals surface area contributed by atoms with Crippen LogP contribution in [0.4, 0.5) is 18.9 Å². The van der Waals surface area contributed by atoms with Crippen molar-refractivity contribution in [3.63, 3.8) is 0 Å². The minimum atomic E-state index is -4.41. The van der Waals surface area contributed by atoms with Crippen molar-refractivity contribution in [2.24, 2.45) is 0 Å². The Hall–Kier alpha value is -1.04. The summed E-state index contributed by atoms with van der Waals surface area (Å²) in [4.78, 5) is 11.5. The van der Waals surface area contributed by atoms with Gasteiger partial charge in [-0.15, -0.1) is 0 Å². The molecule has 1 amide bonds. The molecule has 1 aromatic rings. The van der Waals surface area contributed by atoms with Crippen molar-refractivity contribution in [1.82, 2.24) is 0 Å². The van der Waals surface area contributed by atoms with Gasteiger partial charge in [0.2, 0.25) is 5.91 Å². The zero-order chi connectivity index (χ0) is 13.8. The SMILES string of the molecule is CCCCC(=O)Nc1cc(C(F)(F)F)ccc1Br. The van der Waals surface area contributed by atoms with Gasteiger partial charge in [-0.25, -0.2) is 0 Å². The highest BCUT2D eigenvalue weighted by Crippen LogP contribution is 2.33. The first-order valence-corrected chi connectivity index (χ1v) is 6.30. The summed E-state index contributed by atoms with van der Waals surface area (Å²) >= 11 is 3.11. The van der Waals surface area contributed by atoms with Gasteiger partial charge in [-0.05, 0) is 40.5 Å². The third-order valence-electron chi connectivity index (χ3n) is 2.33. The molecule has 0 atom stereocenters. The van der Waals surface area contributed by atoms with Crippen molar-refractivity contribution in [3.8, 4) is 0 Å². The van der Waals surface area contributed by atoms with Gasteiger partial charge in [-0.3, -0.25) is 4.79 Å². The van der Waals surface area contributed by atoms with Crippen molar-refractivity contribution in [2.45, 2.75) is 32.4 Å². The van der Waals surface area contributed by atoms with Gasteiger partial charge in [0.1, 0.15) is 0 Å². The fraction of sp³-hybridized carbons (Fsp3) is 0.417. The molecule has 0 saturated heterocycles. The highest BCUT2D eigenvalue weighted by atomic mass is 79.9. The van der Waals surface area contributed by atoms with Crippen LogP contribution in [0.1, 0.15) is 31.7 Å². The summed E-state index contributed by atoms with van der Waals surface area (Å²) in [5, 5.41) is 2.47. The molecule has 6 heteroatoms. The molecule has 1 aromatic carbocycles. The average molecular weight is 324 g/mol. The maximum atomic E-state index is 12.5. The number of alkyl halides is 3. The first-order chi connectivity index (χ1) is 8.34. The van der Waals surface area contributed by atoms with E-state index in [4.69, 9.17) is 0 Å². The maximum Gasteiger partial charge on any atom is 0.416 e. The van der Waals surface area contributed by atoms with Gasteiger partial charge >= 0.3 is 6.18 Å². The molecule has 0 aromatic heterocycles. The minimum Gasteiger partial charge on any atom is -0.325 e. The van der Waals surface area contributed by atoms with Crippen LogP contribution in [-0.2, 0) is 11.0 Å². The second-order valence-corrected chi connectivity index (χ2v) is 4.70. The van der Waals surface area contributed by atoms with Crippen molar-refractivity contribution in [3.05, 3.63) is 28.2 Å². The van der Waals surface area contributed by atoms with Gasteiger partial charge in [0.05, 0.1) is 11.3 Å². The third-order valence-corrected chi connectivity index (χ3v) is 3.02. The van der Waals surface area contributed by atoms with E-state index in [0.717, 1.165) is 18.6 Å². The summed E-state index contributed by atoms with van der Waals surface area (Å²) in [5.74, 6) is -0.281. The van der Waals surface area contributed by atoms with E-state index in [0.29, 0.717) is 17.3 Å². The van der Waals surface area contributed by atoms with Crippen LogP contribution in [0, 0.1) is 0 Å². The Labute approximate surface area is 112 Å². The number of halogens is 4. The van der Waals surface area contributed by atoms with E-state index >= 15 is 0 Å². The molecule has 0 saturated carbocycles. The summed E-state index contributed by atoms with van der Waals surface area (Å²) in [6.45, 7) is 1.94. The van der Waals surface area contributed by atoms with Crippen LogP contribution in [-0.4, -0.2) is 5.91 Å². The van der Waals surface area contributed by atoms with Crippen LogP contribution in [0.25, 0.3) is 0 Å². The summed E-state index contributed by atoms with van der Waals surface area (Å²) in [6.07, 6.45) is -2.54. The standard InChI is InChI=1S/C12H13BrF3NO/c1-2-3-4-11(18)17-10-7-8(12(14,15)16)5-6-9(10)13/h5-7H,2-4H2,1H3,(H,17,18). The third kappa shape index (κ3) is 4.33. The molecule has 0 spiro atoms. The lowest BCUT2D eigenvalue weighted by Crippen LogP contribution is -2.13. The van der Waals surface area contributed by atoms with Crippen molar-refractivity contribution < 1.29 is 18.0 Å². The molecule has 0 aliphatic heterocycles. The number of hydrogen-bond acceptors (Lipinski definition) is 1. The predicted molar refractivity (Wildman–Crippen MR) is 67.3 cm³/mol. The average Bonchev–Trinajstić information content (AvgIpc) is 2.28. The van der Waals surface area contributed by atoms with Gasteiger partial charge < -0.3 is 5.32 Å². The number of carbonyl (C=O) groups is 1. The van der Waals surface area contributed by atoms with E-state index in [2.05, 4.69) is 21.2 Å². The molecule has 0 fully saturated rings. The number of hydrogen-bond donors (Lipinski definition) is 1. The topological polar surface area (TPSA) is 29.1 Å². The van der Waals surface area contributed by atoms with E-state index in [1.54, 1.807) is 0 Å². The molecule has 18 heavy (non-hydrogen) atoms. The fourth-order valence-electron chi connectivity index (χ4n) is 1.35. The number of rotatable bonds is 4. The summed E-state index contributed by atoms with van der Waals surface area (Å²) in [5.41, 5.74) is -0.637. The number of unbranched alkanes of at least 4 members (excludes halogenated alkanes) is 1. The van der Waals surface area contributed by atoms with Gasteiger partial charge in [0, 0.05) is 10.9 Å². The van der Waals surface area contributed by atoms with E-state index in [-0.39, 0.29) is 11.6 Å². The van der Waals surface area contributed by atoms with Crippen LogP contribution in [0.3, 0.4) is 0 Å². The molecule has 100 valence electrons. The van der Waals surface area contributed by atoms with E-state index in [1.807, 2.05) is 6.92 Å². The maximum absolute atomic E-state index is 12.5. The quantitative estimate of drug-likeness (QED) is 0.862. The Bertz CT molecular complexity index is 432. The van der Waals surface area contributed by atoms with E-state index < -0.39 is 11.7 Å². The monoisotopic (exact) mass is 323 g/mol. The minimum absolute atomic E-state index is 0.144. The Balaban J connectivity index is 2.85. The Kier molecular flexibility index (Phi) is 5.19. The molecule has 0 heterocycles. The number of carbonyl (C=O) groups excluding carboxylic acids is 1. The van der Waals surface area contributed by atoms with Crippen molar-refractivity contribution in [2.75, 3.05) is 5.32 Å². The Morgan fingerprint density at radius 2 is 2.06 bits per heavy atom. The fourth-order valence-corrected chi connectivity index (χ4v) is 1.69. The number of anilines is 1. The largest absolute Gasteiger partial charge is 0.416 e. The van der Waals surface area contributed by atoms with Crippen LogP contribution >= 0.6 is 15.9 Å². The molecular weight excluding hydrogens is 311 g/mol. The normalized spacial score (nSPS) is 11.4. The lowest BCUT2D eigenvalue weighted by atomic mass is 10.2. The van der Waals surface area contributed by atoms with E-state index in [9.17, 15) is 18.0 Å². The smallest absolute Gasteiger partial charge is 0.325 e. The van der Waals surface area contributed by atoms with Crippen molar-refractivity contribution >= 4 is 27.5 Å². The Morgan fingerprint density at radius 3 is 2.61 bits per heavy atom. The molecule has 0 aliphatic rings. The zero-order valence-corrected chi connectivity index (χ0v) is 11.4. The second-order valence-electron chi connectivity index (χ2n) is 3.84. The number of amides is 1. The molecule has 1 rings (SSSR count). The summed E-state index contributed by atoms with van der Waals surface area (Å²) in [6, 6.07) is 3.16. The molecule has 0 bridgehead atoms. The van der Waals surface area contributed by atoms with E-state index in [1.165, 1.54) is 6.07 Å².